The molecule has 1 saturated heterocycles. The summed E-state index contributed by atoms with van der Waals surface area (Å²) in [6.45, 7) is 2.66. The highest BCUT2D eigenvalue weighted by Gasteiger charge is 2.22. The lowest BCUT2D eigenvalue weighted by molar-refractivity contribution is -0.117. The average Bonchev–Trinajstić information content (AvgIpc) is 3.20. The number of aryl methyl sites for hydroxylation is 1. The van der Waals surface area contributed by atoms with Crippen LogP contribution in [0.2, 0.25) is 0 Å². The maximum atomic E-state index is 12.8. The molecule has 4 rings (SSSR count). The second-order valence-electron chi connectivity index (χ2n) is 7.52. The van der Waals surface area contributed by atoms with Crippen molar-refractivity contribution in [3.8, 4) is 0 Å². The molecule has 0 radical (unpaired) electrons. The maximum Gasteiger partial charge on any atom is 0.257 e. The third-order valence-corrected chi connectivity index (χ3v) is 5.21. The lowest BCUT2D eigenvalue weighted by Crippen LogP contribution is -2.23. The van der Waals surface area contributed by atoms with Gasteiger partial charge in [0.25, 0.3) is 11.8 Å². The molecule has 0 aromatic heterocycles. The number of hydrogen-bond donors (Lipinski definition) is 2. The largest absolute Gasteiger partial charge is 0.322 e. The highest BCUT2D eigenvalue weighted by molar-refractivity contribution is 6.12. The van der Waals surface area contributed by atoms with E-state index in [1.165, 1.54) is 0 Å². The Morgan fingerprint density at radius 2 is 1.65 bits per heavy atom. The van der Waals surface area contributed by atoms with Crippen molar-refractivity contribution in [2.24, 2.45) is 0 Å². The van der Waals surface area contributed by atoms with Gasteiger partial charge in [-0.2, -0.15) is 0 Å². The number of para-hydroxylation sites is 1. The summed E-state index contributed by atoms with van der Waals surface area (Å²) in [5.74, 6) is -0.523. The maximum absolute atomic E-state index is 12.8. The fourth-order valence-corrected chi connectivity index (χ4v) is 3.62. The van der Waals surface area contributed by atoms with Gasteiger partial charge in [-0.15, -0.1) is 0 Å². The summed E-state index contributed by atoms with van der Waals surface area (Å²) in [5.41, 5.74) is 3.77. The molecule has 0 atom stereocenters. The van der Waals surface area contributed by atoms with Crippen molar-refractivity contribution in [1.82, 2.24) is 0 Å². The number of benzene rings is 3. The number of nitrogens with one attached hydrogen (secondary N) is 2. The molecule has 0 saturated carbocycles. The van der Waals surface area contributed by atoms with Gasteiger partial charge in [0.05, 0.1) is 11.3 Å². The quantitative estimate of drug-likeness (QED) is 0.640. The number of carbonyl (C=O) groups excluding carboxylic acids is 3. The van der Waals surface area contributed by atoms with Gasteiger partial charge in [0, 0.05) is 29.9 Å². The lowest BCUT2D eigenvalue weighted by Gasteiger charge is -2.16. The average molecular weight is 413 g/mol. The summed E-state index contributed by atoms with van der Waals surface area (Å²) in [5, 5.41) is 5.69. The summed E-state index contributed by atoms with van der Waals surface area (Å²) < 4.78 is 0. The molecule has 1 fully saturated rings. The molecule has 2 N–H and O–H groups in total. The molecule has 1 heterocycles. The minimum atomic E-state index is -0.324. The SMILES string of the molecule is Cc1cccc(NC(=O)c2ccccc2NC(=O)c2ccc(N3CCCC3=O)cc2)c1. The molecule has 6 heteroatoms. The zero-order valence-corrected chi connectivity index (χ0v) is 17.2. The zero-order valence-electron chi connectivity index (χ0n) is 17.2. The second-order valence-corrected chi connectivity index (χ2v) is 7.52. The van der Waals surface area contributed by atoms with E-state index in [2.05, 4.69) is 10.6 Å². The van der Waals surface area contributed by atoms with Crippen LogP contribution in [-0.2, 0) is 4.79 Å². The van der Waals surface area contributed by atoms with Crippen molar-refractivity contribution in [2.75, 3.05) is 22.1 Å². The van der Waals surface area contributed by atoms with Gasteiger partial charge in [0.1, 0.15) is 0 Å². The van der Waals surface area contributed by atoms with Crippen molar-refractivity contribution in [1.29, 1.82) is 0 Å². The van der Waals surface area contributed by atoms with E-state index in [0.29, 0.717) is 35.5 Å². The zero-order chi connectivity index (χ0) is 21.8. The molecule has 3 aromatic carbocycles. The first kappa shape index (κ1) is 20.3. The van der Waals surface area contributed by atoms with Crippen molar-refractivity contribution < 1.29 is 14.4 Å². The predicted molar refractivity (Wildman–Crippen MR) is 122 cm³/mol. The van der Waals surface area contributed by atoms with Crippen LogP contribution in [0.15, 0.2) is 72.8 Å². The van der Waals surface area contributed by atoms with Gasteiger partial charge in [-0.05, 0) is 67.4 Å². The first-order chi connectivity index (χ1) is 15.0. The summed E-state index contributed by atoms with van der Waals surface area (Å²) >= 11 is 0. The molecule has 1 aliphatic rings. The Morgan fingerprint density at radius 1 is 0.871 bits per heavy atom. The summed E-state index contributed by atoms with van der Waals surface area (Å²) in [7, 11) is 0. The van der Waals surface area contributed by atoms with Crippen molar-refractivity contribution in [2.45, 2.75) is 19.8 Å². The Hall–Kier alpha value is -3.93. The molecule has 0 spiro atoms. The Kier molecular flexibility index (Phi) is 5.80. The molecule has 0 unspecified atom stereocenters. The van der Waals surface area contributed by atoms with Crippen LogP contribution < -0.4 is 15.5 Å². The number of hydrogen-bond acceptors (Lipinski definition) is 3. The number of amides is 3. The van der Waals surface area contributed by atoms with Gasteiger partial charge in [-0.1, -0.05) is 24.3 Å². The van der Waals surface area contributed by atoms with E-state index < -0.39 is 0 Å². The van der Waals surface area contributed by atoms with Crippen molar-refractivity contribution in [3.63, 3.8) is 0 Å². The molecule has 0 bridgehead atoms. The minimum Gasteiger partial charge on any atom is -0.322 e. The van der Waals surface area contributed by atoms with E-state index in [0.717, 1.165) is 17.7 Å². The van der Waals surface area contributed by atoms with Crippen LogP contribution >= 0.6 is 0 Å². The first-order valence-electron chi connectivity index (χ1n) is 10.2. The number of nitrogens with zero attached hydrogens (tertiary/aromatic N) is 1. The van der Waals surface area contributed by atoms with Gasteiger partial charge >= 0.3 is 0 Å². The fraction of sp³-hybridized carbons (Fsp3) is 0.160. The Balaban J connectivity index is 1.48. The molecular weight excluding hydrogens is 390 g/mol. The first-order valence-corrected chi connectivity index (χ1v) is 10.2. The van der Waals surface area contributed by atoms with Crippen LogP contribution in [0.1, 0.15) is 39.1 Å². The molecule has 6 nitrogen and oxygen atoms in total. The number of rotatable bonds is 5. The number of carbonyl (C=O) groups is 3. The highest BCUT2D eigenvalue weighted by Crippen LogP contribution is 2.23. The van der Waals surface area contributed by atoms with E-state index in [1.807, 2.05) is 31.2 Å². The Bertz CT molecular complexity index is 1140. The Labute approximate surface area is 180 Å². The van der Waals surface area contributed by atoms with E-state index in [9.17, 15) is 14.4 Å². The van der Waals surface area contributed by atoms with E-state index in [-0.39, 0.29) is 17.7 Å². The molecule has 3 amide bonds. The van der Waals surface area contributed by atoms with Gasteiger partial charge in [-0.3, -0.25) is 14.4 Å². The minimum absolute atomic E-state index is 0.103. The standard InChI is InChI=1S/C25H23N3O3/c1-17-6-4-7-19(16-17)26-25(31)21-8-2-3-9-22(21)27-24(30)18-11-13-20(14-12-18)28-15-5-10-23(28)29/h2-4,6-9,11-14,16H,5,10,15H2,1H3,(H,26,31)(H,27,30). The Morgan fingerprint density at radius 3 is 2.35 bits per heavy atom. The van der Waals surface area contributed by atoms with Crippen LogP contribution in [-0.4, -0.2) is 24.3 Å². The third-order valence-electron chi connectivity index (χ3n) is 5.21. The molecule has 1 aliphatic heterocycles. The predicted octanol–water partition coefficient (Wildman–Crippen LogP) is 4.63. The van der Waals surface area contributed by atoms with Gasteiger partial charge in [0.15, 0.2) is 0 Å². The van der Waals surface area contributed by atoms with Crippen LogP contribution in [0.5, 0.6) is 0 Å². The number of anilines is 3. The van der Waals surface area contributed by atoms with Gasteiger partial charge in [0.2, 0.25) is 5.91 Å². The summed E-state index contributed by atoms with van der Waals surface area (Å²) in [6, 6.07) is 21.3. The van der Waals surface area contributed by atoms with Gasteiger partial charge in [-0.25, -0.2) is 0 Å². The normalized spacial score (nSPS) is 13.2. The smallest absolute Gasteiger partial charge is 0.257 e. The summed E-state index contributed by atoms with van der Waals surface area (Å²) in [6.07, 6.45) is 1.41. The van der Waals surface area contributed by atoms with Crippen LogP contribution in [0, 0.1) is 6.92 Å². The van der Waals surface area contributed by atoms with Crippen LogP contribution in [0.25, 0.3) is 0 Å². The van der Waals surface area contributed by atoms with Crippen LogP contribution in [0.4, 0.5) is 17.1 Å². The van der Waals surface area contributed by atoms with Crippen LogP contribution in [0.3, 0.4) is 0 Å². The molecule has 0 aliphatic carbocycles. The monoisotopic (exact) mass is 413 g/mol. The topological polar surface area (TPSA) is 78.5 Å². The second kappa shape index (κ2) is 8.83. The van der Waals surface area contributed by atoms with Gasteiger partial charge < -0.3 is 15.5 Å². The molecule has 156 valence electrons. The molecule has 3 aromatic rings. The highest BCUT2D eigenvalue weighted by atomic mass is 16.2. The fourth-order valence-electron chi connectivity index (χ4n) is 3.62. The molecule has 31 heavy (non-hydrogen) atoms. The lowest BCUT2D eigenvalue weighted by atomic mass is 10.1. The van der Waals surface area contributed by atoms with E-state index >= 15 is 0 Å². The van der Waals surface area contributed by atoms with Crippen molar-refractivity contribution >= 4 is 34.8 Å². The van der Waals surface area contributed by atoms with E-state index in [1.54, 1.807) is 53.4 Å². The molecular formula is C25H23N3O3. The van der Waals surface area contributed by atoms with E-state index in [4.69, 9.17) is 0 Å². The summed E-state index contributed by atoms with van der Waals surface area (Å²) in [4.78, 5) is 39.2. The third kappa shape index (κ3) is 4.64. The van der Waals surface area contributed by atoms with Crippen molar-refractivity contribution in [3.05, 3.63) is 89.5 Å².